The van der Waals surface area contributed by atoms with E-state index in [1.54, 1.807) is 24.1 Å². The minimum atomic E-state index is 0.556. The highest BCUT2D eigenvalue weighted by Crippen LogP contribution is 2.19. The highest BCUT2D eigenvalue weighted by Gasteiger charge is 2.08. The number of aromatic amines is 1. The van der Waals surface area contributed by atoms with Gasteiger partial charge in [0, 0.05) is 26.3 Å². The smallest absolute Gasteiger partial charge is 0.226 e. The summed E-state index contributed by atoms with van der Waals surface area (Å²) in [5.74, 6) is 1.33. The molecule has 3 rings (SSSR count). The molecule has 0 fully saturated rings. The maximum Gasteiger partial charge on any atom is 0.226 e. The van der Waals surface area contributed by atoms with E-state index >= 15 is 0 Å². The van der Waals surface area contributed by atoms with Crippen LogP contribution in [0.1, 0.15) is 6.42 Å². The molecule has 0 atom stereocenters. The van der Waals surface area contributed by atoms with Crippen molar-refractivity contribution in [2.24, 2.45) is 0 Å². The average molecular weight is 273 g/mol. The zero-order chi connectivity index (χ0) is 13.8. The standard InChI is InChI=1S/C11H15N9/c1-12-11-16-9(8-7-15-18-10(8)17-11)13-3-2-5-20-6-4-14-19-20/h4,6-7H,2-3,5H2,1H3,(H3,12,13,15,16,17,18). The quantitative estimate of drug-likeness (QED) is 0.561. The second-order valence-corrected chi connectivity index (χ2v) is 4.22. The largest absolute Gasteiger partial charge is 0.369 e. The second kappa shape index (κ2) is 5.51. The molecule has 9 heteroatoms. The first kappa shape index (κ1) is 12.3. The first-order valence-corrected chi connectivity index (χ1v) is 6.33. The molecule has 20 heavy (non-hydrogen) atoms. The normalized spacial score (nSPS) is 10.8. The van der Waals surface area contributed by atoms with Crippen LogP contribution in [0.25, 0.3) is 11.0 Å². The van der Waals surface area contributed by atoms with E-state index in [4.69, 9.17) is 0 Å². The Hall–Kier alpha value is -2.71. The molecule has 0 bridgehead atoms. The minimum Gasteiger partial charge on any atom is -0.369 e. The van der Waals surface area contributed by atoms with E-state index in [2.05, 4.69) is 41.1 Å². The van der Waals surface area contributed by atoms with Crippen LogP contribution in [-0.4, -0.2) is 48.8 Å². The number of nitrogens with one attached hydrogen (secondary N) is 3. The topological polar surface area (TPSA) is 109 Å². The van der Waals surface area contributed by atoms with Crippen molar-refractivity contribution in [2.75, 3.05) is 24.2 Å². The van der Waals surface area contributed by atoms with E-state index in [0.717, 1.165) is 30.7 Å². The Bertz CT molecular complexity index is 672. The molecule has 0 unspecified atom stereocenters. The van der Waals surface area contributed by atoms with Gasteiger partial charge in [0.15, 0.2) is 5.65 Å². The van der Waals surface area contributed by atoms with Gasteiger partial charge in [0.25, 0.3) is 0 Å². The Morgan fingerprint density at radius 3 is 3.10 bits per heavy atom. The molecule has 0 aliphatic carbocycles. The van der Waals surface area contributed by atoms with Crippen molar-refractivity contribution in [2.45, 2.75) is 13.0 Å². The zero-order valence-corrected chi connectivity index (χ0v) is 11.0. The summed E-state index contributed by atoms with van der Waals surface area (Å²) in [7, 11) is 1.78. The average Bonchev–Trinajstić information content (AvgIpc) is 3.13. The van der Waals surface area contributed by atoms with Crippen molar-refractivity contribution in [3.8, 4) is 0 Å². The van der Waals surface area contributed by atoms with Crippen LogP contribution in [-0.2, 0) is 6.54 Å². The molecule has 0 aliphatic rings. The van der Waals surface area contributed by atoms with Crippen molar-refractivity contribution in [3.05, 3.63) is 18.6 Å². The Kier molecular flexibility index (Phi) is 3.40. The number of aryl methyl sites for hydroxylation is 1. The number of anilines is 2. The molecule has 0 saturated heterocycles. The number of rotatable bonds is 6. The fourth-order valence-corrected chi connectivity index (χ4v) is 1.88. The summed E-state index contributed by atoms with van der Waals surface area (Å²) in [6, 6.07) is 0. The van der Waals surface area contributed by atoms with Gasteiger partial charge in [-0.05, 0) is 6.42 Å². The highest BCUT2D eigenvalue weighted by atomic mass is 15.4. The highest BCUT2D eigenvalue weighted by molar-refractivity contribution is 5.86. The van der Waals surface area contributed by atoms with Gasteiger partial charge in [-0.1, -0.05) is 5.21 Å². The van der Waals surface area contributed by atoms with Crippen LogP contribution < -0.4 is 10.6 Å². The lowest BCUT2D eigenvalue weighted by Gasteiger charge is -2.08. The predicted molar refractivity (Wildman–Crippen MR) is 74.4 cm³/mol. The van der Waals surface area contributed by atoms with Gasteiger partial charge in [-0.3, -0.25) is 9.78 Å². The fraction of sp³-hybridized carbons (Fsp3) is 0.364. The van der Waals surface area contributed by atoms with E-state index < -0.39 is 0 Å². The zero-order valence-electron chi connectivity index (χ0n) is 11.0. The van der Waals surface area contributed by atoms with E-state index in [-0.39, 0.29) is 0 Å². The number of H-pyrrole nitrogens is 1. The van der Waals surface area contributed by atoms with Gasteiger partial charge >= 0.3 is 0 Å². The van der Waals surface area contributed by atoms with Gasteiger partial charge in [0.2, 0.25) is 5.95 Å². The van der Waals surface area contributed by atoms with Gasteiger partial charge in [-0.25, -0.2) is 0 Å². The van der Waals surface area contributed by atoms with E-state index in [9.17, 15) is 0 Å². The molecule has 3 N–H and O–H groups in total. The van der Waals surface area contributed by atoms with Gasteiger partial charge in [-0.15, -0.1) is 5.10 Å². The van der Waals surface area contributed by atoms with Crippen LogP contribution in [0.5, 0.6) is 0 Å². The molecule has 0 amide bonds. The Labute approximate surface area is 114 Å². The SMILES string of the molecule is CNc1nc(NCCCn2ccnn2)c2cn[nH]c2n1. The molecule has 0 aromatic carbocycles. The van der Waals surface area contributed by atoms with Crippen LogP contribution >= 0.6 is 0 Å². The molecule has 3 aromatic heterocycles. The van der Waals surface area contributed by atoms with E-state index in [0.29, 0.717) is 11.6 Å². The minimum absolute atomic E-state index is 0.556. The van der Waals surface area contributed by atoms with E-state index in [1.807, 2.05) is 6.20 Å². The van der Waals surface area contributed by atoms with Crippen LogP contribution in [0.3, 0.4) is 0 Å². The van der Waals surface area contributed by atoms with Crippen LogP contribution in [0.2, 0.25) is 0 Å². The molecule has 3 aromatic rings. The van der Waals surface area contributed by atoms with Gasteiger partial charge < -0.3 is 10.6 Å². The third kappa shape index (κ3) is 2.51. The monoisotopic (exact) mass is 273 g/mol. The molecule has 0 spiro atoms. The number of aromatic nitrogens is 7. The van der Waals surface area contributed by atoms with Gasteiger partial charge in [0.05, 0.1) is 17.8 Å². The van der Waals surface area contributed by atoms with Crippen molar-refractivity contribution in [1.82, 2.24) is 35.2 Å². The summed E-state index contributed by atoms with van der Waals surface area (Å²) in [4.78, 5) is 8.68. The van der Waals surface area contributed by atoms with E-state index in [1.165, 1.54) is 0 Å². The number of nitrogens with zero attached hydrogens (tertiary/aromatic N) is 6. The molecule has 0 saturated carbocycles. The second-order valence-electron chi connectivity index (χ2n) is 4.22. The summed E-state index contributed by atoms with van der Waals surface area (Å²) >= 11 is 0. The maximum atomic E-state index is 4.40. The summed E-state index contributed by atoms with van der Waals surface area (Å²) in [5.41, 5.74) is 0.711. The van der Waals surface area contributed by atoms with Crippen molar-refractivity contribution in [1.29, 1.82) is 0 Å². The first-order valence-electron chi connectivity index (χ1n) is 6.33. The van der Waals surface area contributed by atoms with Crippen molar-refractivity contribution in [3.63, 3.8) is 0 Å². The maximum absolute atomic E-state index is 4.40. The summed E-state index contributed by atoms with van der Waals surface area (Å²) in [6.45, 7) is 1.59. The summed E-state index contributed by atoms with van der Waals surface area (Å²) in [5, 5.41) is 21.6. The summed E-state index contributed by atoms with van der Waals surface area (Å²) < 4.78 is 1.80. The van der Waals surface area contributed by atoms with Crippen molar-refractivity contribution < 1.29 is 0 Å². The van der Waals surface area contributed by atoms with Crippen LogP contribution in [0, 0.1) is 0 Å². The number of hydrogen-bond donors (Lipinski definition) is 3. The lowest BCUT2D eigenvalue weighted by Crippen LogP contribution is -2.09. The Balaban J connectivity index is 1.65. The number of hydrogen-bond acceptors (Lipinski definition) is 7. The van der Waals surface area contributed by atoms with Crippen molar-refractivity contribution >= 4 is 22.8 Å². The van der Waals surface area contributed by atoms with Crippen LogP contribution in [0.15, 0.2) is 18.6 Å². The van der Waals surface area contributed by atoms with Gasteiger partial charge in [0.1, 0.15) is 5.82 Å². The van der Waals surface area contributed by atoms with Crippen LogP contribution in [0.4, 0.5) is 11.8 Å². The molecule has 0 radical (unpaired) electrons. The third-order valence-electron chi connectivity index (χ3n) is 2.86. The molecule has 3 heterocycles. The lowest BCUT2D eigenvalue weighted by atomic mass is 10.3. The molecule has 9 nitrogen and oxygen atoms in total. The fourth-order valence-electron chi connectivity index (χ4n) is 1.88. The lowest BCUT2D eigenvalue weighted by molar-refractivity contribution is 0.569. The third-order valence-corrected chi connectivity index (χ3v) is 2.86. The molecule has 104 valence electrons. The van der Waals surface area contributed by atoms with Gasteiger partial charge in [-0.2, -0.15) is 15.1 Å². The molecular formula is C11H15N9. The number of fused-ring (bicyclic) bond motifs is 1. The molecule has 0 aliphatic heterocycles. The Morgan fingerprint density at radius 1 is 1.35 bits per heavy atom. The molecular weight excluding hydrogens is 258 g/mol. The Morgan fingerprint density at radius 2 is 2.30 bits per heavy atom. The first-order chi connectivity index (χ1) is 9.86. The summed E-state index contributed by atoms with van der Waals surface area (Å²) in [6.07, 6.45) is 6.15. The predicted octanol–water partition coefficient (Wildman–Crippen LogP) is 0.488.